The maximum absolute atomic E-state index is 12.8. The summed E-state index contributed by atoms with van der Waals surface area (Å²) < 4.78 is 0. The van der Waals surface area contributed by atoms with Gasteiger partial charge < -0.3 is 5.11 Å². The Bertz CT molecular complexity index is 1020. The molecule has 4 saturated carbocycles. The van der Waals surface area contributed by atoms with Crippen LogP contribution in [0.15, 0.2) is 22.8 Å². The molecule has 6 aliphatic rings. The van der Waals surface area contributed by atoms with Gasteiger partial charge in [-0.25, -0.2) is 0 Å². The van der Waals surface area contributed by atoms with E-state index in [0.717, 1.165) is 77.0 Å². The molecule has 4 fully saturated rings. The number of hydrogen-bond donors (Lipinski definition) is 1. The molecule has 0 heterocycles. The number of carbonyl (C=O) groups is 2. The molecule has 6 rings (SSSR count). The van der Waals surface area contributed by atoms with Gasteiger partial charge in [0.05, 0.1) is 0 Å². The van der Waals surface area contributed by atoms with Crippen molar-refractivity contribution in [2.75, 3.05) is 0 Å². The molecule has 0 saturated heterocycles. The van der Waals surface area contributed by atoms with E-state index in [9.17, 15) is 14.7 Å². The summed E-state index contributed by atoms with van der Waals surface area (Å²) in [7, 11) is 0. The Labute approximate surface area is 204 Å². The van der Waals surface area contributed by atoms with Crippen molar-refractivity contribution < 1.29 is 14.7 Å². The van der Waals surface area contributed by atoms with Crippen molar-refractivity contribution >= 4 is 11.6 Å². The minimum Gasteiger partial charge on any atom is -0.377 e. The van der Waals surface area contributed by atoms with E-state index in [-0.39, 0.29) is 11.3 Å². The third-order valence-electron chi connectivity index (χ3n) is 11.0. The average Bonchev–Trinajstić information content (AvgIpc) is 3.64. The first-order chi connectivity index (χ1) is 16.3. The third kappa shape index (κ3) is 3.42. The van der Waals surface area contributed by atoms with Crippen LogP contribution in [-0.2, 0) is 9.59 Å². The molecule has 4 unspecified atom stereocenters. The largest absolute Gasteiger partial charge is 0.377 e. The normalized spacial score (nSPS) is 43.8. The quantitative estimate of drug-likeness (QED) is 0.529. The number of hydrogen-bond acceptors (Lipinski definition) is 3. The molecule has 6 aliphatic carbocycles. The first-order valence-corrected chi connectivity index (χ1v) is 14.0. The zero-order valence-corrected chi connectivity index (χ0v) is 21.0. The Morgan fingerprint density at radius 1 is 0.971 bits per heavy atom. The highest BCUT2D eigenvalue weighted by atomic mass is 16.3. The summed E-state index contributed by atoms with van der Waals surface area (Å²) in [6.07, 6.45) is 15.1. The van der Waals surface area contributed by atoms with E-state index in [4.69, 9.17) is 0 Å². The summed E-state index contributed by atoms with van der Waals surface area (Å²) in [6.45, 7) is 4.19. The molecule has 182 valence electrons. The van der Waals surface area contributed by atoms with Gasteiger partial charge in [-0.15, -0.1) is 5.92 Å². The van der Waals surface area contributed by atoms with Gasteiger partial charge in [-0.2, -0.15) is 0 Å². The molecule has 0 aliphatic heterocycles. The minimum absolute atomic E-state index is 0.179. The molecule has 34 heavy (non-hydrogen) atoms. The Balaban J connectivity index is 1.37. The molecule has 0 bridgehead atoms. The minimum atomic E-state index is -0.890. The van der Waals surface area contributed by atoms with Crippen LogP contribution < -0.4 is 0 Å². The number of allylic oxidation sites excluding steroid dienone is 4. The van der Waals surface area contributed by atoms with E-state index in [1.165, 1.54) is 11.1 Å². The number of rotatable bonds is 3. The second-order valence-electron chi connectivity index (χ2n) is 12.6. The summed E-state index contributed by atoms with van der Waals surface area (Å²) in [6, 6.07) is 0. The fraction of sp³-hybridized carbons (Fsp3) is 0.742. The van der Waals surface area contributed by atoms with E-state index in [1.807, 2.05) is 13.0 Å². The highest BCUT2D eigenvalue weighted by Gasteiger charge is 2.63. The zero-order chi connectivity index (χ0) is 23.7. The van der Waals surface area contributed by atoms with Gasteiger partial charge in [-0.3, -0.25) is 9.59 Å². The van der Waals surface area contributed by atoms with Crippen molar-refractivity contribution in [3.8, 4) is 11.8 Å². The standard InChI is InChI=1S/C31H40O3/c1-3-15-31(34)16-14-27-25-12-10-22-17-23(32)11-13-24(22)28(25)26(18-30(27,31)2)19-4-6-20(7-5-19)29(33)21-8-9-21/h17,19-21,25-27,34H,4-14,16,18H2,1-2H3/t19?,20?,25?,26?,27?,30-,31?/m0/s1. The number of fused-ring (bicyclic) bond motifs is 4. The van der Waals surface area contributed by atoms with E-state index in [1.54, 1.807) is 5.57 Å². The molecule has 3 heteroatoms. The van der Waals surface area contributed by atoms with Crippen molar-refractivity contribution in [1.29, 1.82) is 0 Å². The first kappa shape index (κ1) is 22.8. The Kier molecular flexibility index (Phi) is 5.49. The second-order valence-corrected chi connectivity index (χ2v) is 12.6. The SMILES string of the molecule is CC#CC1(O)CCC2C3CCC4=CC(=O)CCC4=C3C(C3CCC(C(=O)C4CC4)CC3)C[C@@]21C. The van der Waals surface area contributed by atoms with E-state index in [2.05, 4.69) is 18.8 Å². The van der Waals surface area contributed by atoms with Crippen LogP contribution in [-0.4, -0.2) is 22.3 Å². The van der Waals surface area contributed by atoms with Gasteiger partial charge in [0.25, 0.3) is 0 Å². The molecule has 0 radical (unpaired) electrons. The fourth-order valence-electron chi connectivity index (χ4n) is 9.07. The van der Waals surface area contributed by atoms with Gasteiger partial charge in [0.1, 0.15) is 11.4 Å². The lowest BCUT2D eigenvalue weighted by molar-refractivity contribution is -0.125. The van der Waals surface area contributed by atoms with Crippen LogP contribution in [0.2, 0.25) is 0 Å². The Morgan fingerprint density at radius 3 is 2.35 bits per heavy atom. The molecule has 5 atom stereocenters. The lowest BCUT2D eigenvalue weighted by atomic mass is 9.49. The van der Waals surface area contributed by atoms with Crippen molar-refractivity contribution in [2.45, 2.75) is 103 Å². The second kappa shape index (κ2) is 8.19. The smallest absolute Gasteiger partial charge is 0.156 e. The molecule has 0 aromatic rings. The van der Waals surface area contributed by atoms with Crippen LogP contribution >= 0.6 is 0 Å². The lowest BCUT2D eigenvalue weighted by Gasteiger charge is -2.55. The van der Waals surface area contributed by atoms with Crippen molar-refractivity contribution in [3.05, 3.63) is 22.8 Å². The van der Waals surface area contributed by atoms with Gasteiger partial charge in [0.15, 0.2) is 5.78 Å². The maximum Gasteiger partial charge on any atom is 0.156 e. The Morgan fingerprint density at radius 2 is 1.68 bits per heavy atom. The van der Waals surface area contributed by atoms with Crippen LogP contribution in [0, 0.1) is 52.8 Å². The number of ketones is 2. The predicted molar refractivity (Wildman–Crippen MR) is 133 cm³/mol. The van der Waals surface area contributed by atoms with Gasteiger partial charge in [0, 0.05) is 23.7 Å². The molecule has 0 amide bonds. The summed E-state index contributed by atoms with van der Waals surface area (Å²) in [5.41, 5.74) is 3.42. The molecule has 1 N–H and O–H groups in total. The topological polar surface area (TPSA) is 54.4 Å². The van der Waals surface area contributed by atoms with Gasteiger partial charge in [-0.1, -0.05) is 18.4 Å². The van der Waals surface area contributed by atoms with Crippen LogP contribution in [0.4, 0.5) is 0 Å². The molecule has 0 aromatic heterocycles. The number of aliphatic hydroxyl groups is 1. The van der Waals surface area contributed by atoms with Crippen LogP contribution in [0.3, 0.4) is 0 Å². The Hall–Kier alpha value is -1.66. The number of carbonyl (C=O) groups excluding carboxylic acids is 2. The fourth-order valence-corrected chi connectivity index (χ4v) is 9.07. The molecular formula is C31H40O3. The van der Waals surface area contributed by atoms with Gasteiger partial charge in [0.2, 0.25) is 0 Å². The van der Waals surface area contributed by atoms with Crippen molar-refractivity contribution in [2.24, 2.45) is 40.9 Å². The predicted octanol–water partition coefficient (Wildman–Crippen LogP) is 5.96. The van der Waals surface area contributed by atoms with E-state index < -0.39 is 5.60 Å². The highest BCUT2D eigenvalue weighted by molar-refractivity contribution is 5.93. The monoisotopic (exact) mass is 460 g/mol. The molecule has 0 aromatic carbocycles. The van der Waals surface area contributed by atoms with Gasteiger partial charge in [-0.05, 0) is 125 Å². The van der Waals surface area contributed by atoms with E-state index >= 15 is 0 Å². The third-order valence-corrected chi connectivity index (χ3v) is 11.0. The van der Waals surface area contributed by atoms with Crippen LogP contribution in [0.5, 0.6) is 0 Å². The summed E-state index contributed by atoms with van der Waals surface area (Å²) in [5.74, 6) is 9.87. The average molecular weight is 461 g/mol. The maximum atomic E-state index is 12.8. The van der Waals surface area contributed by atoms with E-state index in [0.29, 0.717) is 47.6 Å². The summed E-state index contributed by atoms with van der Waals surface area (Å²) >= 11 is 0. The van der Waals surface area contributed by atoms with Crippen molar-refractivity contribution in [1.82, 2.24) is 0 Å². The first-order valence-electron chi connectivity index (χ1n) is 14.0. The summed E-state index contributed by atoms with van der Waals surface area (Å²) in [5, 5.41) is 11.8. The lowest BCUT2D eigenvalue weighted by Crippen LogP contribution is -2.52. The molecule has 3 nitrogen and oxygen atoms in total. The highest BCUT2D eigenvalue weighted by Crippen LogP contribution is 2.66. The molecular weight excluding hydrogens is 420 g/mol. The molecule has 0 spiro atoms. The summed E-state index contributed by atoms with van der Waals surface area (Å²) in [4.78, 5) is 25.0. The number of Topliss-reactive ketones (excluding diaryl/α,β-unsaturated/α-hetero) is 1. The van der Waals surface area contributed by atoms with Crippen molar-refractivity contribution in [3.63, 3.8) is 0 Å². The van der Waals surface area contributed by atoms with Crippen LogP contribution in [0.1, 0.15) is 97.3 Å². The van der Waals surface area contributed by atoms with Gasteiger partial charge >= 0.3 is 0 Å². The van der Waals surface area contributed by atoms with Crippen LogP contribution in [0.25, 0.3) is 0 Å². The zero-order valence-electron chi connectivity index (χ0n) is 21.0.